The number of carbonyl (C=O) groups excluding carboxylic acids is 1. The van der Waals surface area contributed by atoms with Gasteiger partial charge in [-0.15, -0.1) is 0 Å². The molecular weight excluding hydrogens is 231 g/mol. The summed E-state index contributed by atoms with van der Waals surface area (Å²) in [5.74, 6) is -0.572. The lowest BCUT2D eigenvalue weighted by Crippen LogP contribution is -2.09. The topological polar surface area (TPSA) is 26.3 Å². The van der Waals surface area contributed by atoms with Gasteiger partial charge in [0.2, 0.25) is 0 Å². The van der Waals surface area contributed by atoms with E-state index >= 15 is 0 Å². The summed E-state index contributed by atoms with van der Waals surface area (Å²) in [4.78, 5) is 11.4. The molecule has 18 heavy (non-hydrogen) atoms. The largest absolute Gasteiger partial charge is 0.465 e. The van der Waals surface area contributed by atoms with E-state index in [-0.39, 0.29) is 5.56 Å². The summed E-state index contributed by atoms with van der Waals surface area (Å²) >= 11 is 0. The van der Waals surface area contributed by atoms with Crippen molar-refractivity contribution >= 4 is 5.97 Å². The van der Waals surface area contributed by atoms with Gasteiger partial charge in [0.25, 0.3) is 0 Å². The lowest BCUT2D eigenvalue weighted by atomic mass is 9.95. The molecule has 0 N–H and O–H groups in total. The summed E-state index contributed by atoms with van der Waals surface area (Å²) in [6, 6.07) is 1.49. The number of halogens is 1. The molecule has 2 rings (SSSR count). The highest BCUT2D eigenvalue weighted by molar-refractivity contribution is 5.91. The second kappa shape index (κ2) is 5.98. The highest BCUT2D eigenvalue weighted by Gasteiger charge is 2.28. The number of hydrogen-bond acceptors (Lipinski definition) is 2. The minimum Gasteiger partial charge on any atom is -0.465 e. The van der Waals surface area contributed by atoms with Crippen LogP contribution in [0.25, 0.3) is 0 Å². The highest BCUT2D eigenvalue weighted by Crippen LogP contribution is 2.43. The van der Waals surface area contributed by atoms with Crippen LogP contribution in [-0.2, 0) is 4.74 Å². The Labute approximate surface area is 108 Å². The van der Waals surface area contributed by atoms with Gasteiger partial charge in [0.1, 0.15) is 5.82 Å². The van der Waals surface area contributed by atoms with Gasteiger partial charge in [0.15, 0.2) is 0 Å². The lowest BCUT2D eigenvalue weighted by molar-refractivity contribution is 0.0594. The van der Waals surface area contributed by atoms with Crippen molar-refractivity contribution < 1.29 is 13.9 Å². The number of hydrogen-bond donors (Lipinski definition) is 0. The second-order valence-corrected chi connectivity index (χ2v) is 4.34. The third-order valence-corrected chi connectivity index (χ3v) is 3.30. The maximum Gasteiger partial charge on any atom is 0.341 e. The minimum absolute atomic E-state index is 0.0735. The van der Waals surface area contributed by atoms with Crippen LogP contribution in [0, 0.1) is 19.7 Å². The van der Waals surface area contributed by atoms with Gasteiger partial charge in [0, 0.05) is 0 Å². The molecule has 0 bridgehead atoms. The quantitative estimate of drug-likeness (QED) is 0.740. The molecule has 0 spiro atoms. The van der Waals surface area contributed by atoms with E-state index in [1.807, 2.05) is 20.8 Å². The first-order valence-corrected chi connectivity index (χ1v) is 6.44. The molecule has 0 atom stereocenters. The van der Waals surface area contributed by atoms with E-state index in [0.717, 1.165) is 24.0 Å². The van der Waals surface area contributed by atoms with Gasteiger partial charge in [0.05, 0.1) is 12.7 Å². The first kappa shape index (κ1) is 14.7. The van der Waals surface area contributed by atoms with Crippen molar-refractivity contribution in [3.63, 3.8) is 0 Å². The predicted octanol–water partition coefficient (Wildman–Crippen LogP) is 4.13. The fraction of sp³-hybridized carbons (Fsp3) is 0.533. The van der Waals surface area contributed by atoms with E-state index < -0.39 is 11.8 Å². The van der Waals surface area contributed by atoms with Crippen molar-refractivity contribution in [1.82, 2.24) is 0 Å². The van der Waals surface area contributed by atoms with Gasteiger partial charge in [-0.05, 0) is 55.4 Å². The maximum absolute atomic E-state index is 13.8. The molecule has 1 aliphatic carbocycles. The fourth-order valence-corrected chi connectivity index (χ4v) is 2.07. The number of benzene rings is 1. The predicted molar refractivity (Wildman–Crippen MR) is 70.5 cm³/mol. The molecule has 1 fully saturated rings. The zero-order valence-electron chi connectivity index (χ0n) is 11.8. The Balaban J connectivity index is 0.000000771. The third kappa shape index (κ3) is 2.71. The Morgan fingerprint density at radius 2 is 1.83 bits per heavy atom. The number of esters is 1. The molecule has 1 aromatic carbocycles. The first-order valence-electron chi connectivity index (χ1n) is 6.44. The third-order valence-electron chi connectivity index (χ3n) is 3.30. The summed E-state index contributed by atoms with van der Waals surface area (Å²) in [5, 5.41) is 0. The molecule has 1 aliphatic rings. The second-order valence-electron chi connectivity index (χ2n) is 4.34. The van der Waals surface area contributed by atoms with E-state index in [1.165, 1.54) is 13.2 Å². The number of rotatable bonds is 2. The van der Waals surface area contributed by atoms with Crippen molar-refractivity contribution in [2.75, 3.05) is 7.11 Å². The number of ether oxygens (including phenoxy) is 1. The van der Waals surface area contributed by atoms with E-state index in [2.05, 4.69) is 4.74 Å². The van der Waals surface area contributed by atoms with Gasteiger partial charge in [-0.2, -0.15) is 0 Å². The van der Waals surface area contributed by atoms with Crippen molar-refractivity contribution in [2.24, 2.45) is 0 Å². The Morgan fingerprint density at radius 1 is 1.28 bits per heavy atom. The van der Waals surface area contributed by atoms with Crippen LogP contribution >= 0.6 is 0 Å². The molecule has 2 nitrogen and oxygen atoms in total. The van der Waals surface area contributed by atoms with E-state index in [9.17, 15) is 9.18 Å². The van der Waals surface area contributed by atoms with Crippen LogP contribution < -0.4 is 0 Å². The highest BCUT2D eigenvalue weighted by atomic mass is 19.1. The normalized spacial score (nSPS) is 13.7. The van der Waals surface area contributed by atoms with Crippen LogP contribution in [0.1, 0.15) is 59.7 Å². The van der Waals surface area contributed by atoms with Crippen molar-refractivity contribution in [3.8, 4) is 0 Å². The minimum atomic E-state index is -0.597. The molecular formula is C15H21FO2. The molecule has 0 aromatic heterocycles. The van der Waals surface area contributed by atoms with Crippen molar-refractivity contribution in [3.05, 3.63) is 34.1 Å². The lowest BCUT2D eigenvalue weighted by Gasteiger charge is -2.12. The summed E-state index contributed by atoms with van der Waals surface area (Å²) in [7, 11) is 1.27. The molecule has 0 aliphatic heterocycles. The van der Waals surface area contributed by atoms with Crippen LogP contribution in [0.15, 0.2) is 6.07 Å². The van der Waals surface area contributed by atoms with E-state index in [1.54, 1.807) is 6.92 Å². The van der Waals surface area contributed by atoms with Crippen LogP contribution in [0.5, 0.6) is 0 Å². The average molecular weight is 252 g/mol. The maximum atomic E-state index is 13.8. The monoisotopic (exact) mass is 252 g/mol. The zero-order valence-corrected chi connectivity index (χ0v) is 11.8. The molecule has 0 unspecified atom stereocenters. The Hall–Kier alpha value is -1.38. The molecule has 0 amide bonds. The molecule has 3 heteroatoms. The molecule has 1 saturated carbocycles. The summed E-state index contributed by atoms with van der Waals surface area (Å²) in [6.07, 6.45) is 2.24. The Kier molecular flexibility index (Phi) is 4.88. The molecule has 0 radical (unpaired) electrons. The van der Waals surface area contributed by atoms with Crippen LogP contribution in [-0.4, -0.2) is 13.1 Å². The zero-order chi connectivity index (χ0) is 13.9. The SMILES string of the molecule is CC.COC(=O)c1c(F)cc(C2CC2)c(C)c1C. The van der Waals surface area contributed by atoms with Gasteiger partial charge in [-0.25, -0.2) is 9.18 Å². The number of methoxy groups -OCH3 is 1. The summed E-state index contributed by atoms with van der Waals surface area (Å²) in [6.45, 7) is 7.71. The van der Waals surface area contributed by atoms with Crippen LogP contribution in [0.3, 0.4) is 0 Å². The van der Waals surface area contributed by atoms with Gasteiger partial charge in [-0.1, -0.05) is 13.8 Å². The van der Waals surface area contributed by atoms with E-state index in [4.69, 9.17) is 0 Å². The molecule has 1 aromatic rings. The van der Waals surface area contributed by atoms with Gasteiger partial charge in [-0.3, -0.25) is 0 Å². The average Bonchev–Trinajstić information content (AvgIpc) is 3.20. The molecule has 100 valence electrons. The standard InChI is InChI=1S/C13H15FO2.C2H6/c1-7-8(2)12(13(15)16-3)11(14)6-10(7)9-4-5-9;1-2/h6,9H,4-5H2,1-3H3;1-2H3. The molecule has 0 heterocycles. The van der Waals surface area contributed by atoms with Crippen LogP contribution in [0.4, 0.5) is 4.39 Å². The van der Waals surface area contributed by atoms with Crippen LogP contribution in [0.2, 0.25) is 0 Å². The van der Waals surface area contributed by atoms with E-state index in [0.29, 0.717) is 11.5 Å². The Morgan fingerprint density at radius 3 is 2.28 bits per heavy atom. The smallest absolute Gasteiger partial charge is 0.341 e. The summed E-state index contributed by atoms with van der Waals surface area (Å²) in [5.41, 5.74) is 2.84. The summed E-state index contributed by atoms with van der Waals surface area (Å²) < 4.78 is 18.4. The van der Waals surface area contributed by atoms with Crippen molar-refractivity contribution in [2.45, 2.75) is 46.5 Å². The molecule has 0 saturated heterocycles. The van der Waals surface area contributed by atoms with Gasteiger partial charge < -0.3 is 4.74 Å². The first-order chi connectivity index (χ1) is 8.56. The number of carbonyl (C=O) groups is 1. The fourth-order valence-electron chi connectivity index (χ4n) is 2.07. The van der Waals surface area contributed by atoms with Gasteiger partial charge >= 0.3 is 5.97 Å². The Bertz CT molecular complexity index is 448. The van der Waals surface area contributed by atoms with Crippen molar-refractivity contribution in [1.29, 1.82) is 0 Å².